The molecule has 3 aromatic carbocycles. The van der Waals surface area contributed by atoms with Crippen molar-refractivity contribution in [3.8, 4) is 11.1 Å². The van der Waals surface area contributed by atoms with Gasteiger partial charge < -0.3 is 0 Å². The third kappa shape index (κ3) is 2.75. The van der Waals surface area contributed by atoms with Gasteiger partial charge in [-0.2, -0.15) is 0 Å². The number of benzene rings is 3. The molecule has 29 heavy (non-hydrogen) atoms. The molecule has 0 bridgehead atoms. The molecule has 147 valence electrons. The Labute approximate surface area is 186 Å². The van der Waals surface area contributed by atoms with Crippen LogP contribution in [0.3, 0.4) is 0 Å². The standard InChI is InChI=1S/C13H9.C9H7.C2H6ClSi.2ClH.Ti/c1-3-7-12-10(5-1)9-11-6-2-4-8-13(11)12;1-2-5-9-7-3-6-8(9)4-1;1-2-4-3;;;/h1-9H;1-7H;4H,2H2,1H3;2*1H;/q;;;;;+2/p-2. The zero-order chi connectivity index (χ0) is 20.2. The van der Waals surface area contributed by atoms with Crippen LogP contribution in [0.25, 0.3) is 17.2 Å². The maximum atomic E-state index is 7.98. The molecule has 0 spiro atoms. The van der Waals surface area contributed by atoms with Crippen LogP contribution in [0, 0.1) is 0 Å². The molecule has 5 heteroatoms. The average molecular weight is 493 g/mol. The predicted molar refractivity (Wildman–Crippen MR) is 127 cm³/mol. The molecule has 0 N–H and O–H groups in total. The van der Waals surface area contributed by atoms with E-state index in [-0.39, 0.29) is 8.45 Å². The van der Waals surface area contributed by atoms with E-state index >= 15 is 0 Å². The Hall–Kier alpha value is -0.799. The van der Waals surface area contributed by atoms with Crippen LogP contribution in [0.15, 0.2) is 78.9 Å². The molecule has 0 amide bonds. The van der Waals surface area contributed by atoms with Gasteiger partial charge in [0.2, 0.25) is 0 Å². The first-order valence-electron chi connectivity index (χ1n) is 10.1. The normalized spacial score (nSPS) is 19.9. The monoisotopic (exact) mass is 491 g/mol. The van der Waals surface area contributed by atoms with Gasteiger partial charge in [0.05, 0.1) is 0 Å². The summed E-state index contributed by atoms with van der Waals surface area (Å²) in [7, 11) is 16.0. The Balaban J connectivity index is 1.82. The zero-order valence-electron chi connectivity index (χ0n) is 16.2. The molecule has 0 nitrogen and oxygen atoms in total. The topological polar surface area (TPSA) is 0 Å². The molecule has 2 unspecified atom stereocenters. The SMILES string of the molecule is CC[SiH](Cl)[Ti]([Cl])([Cl])([CH]1C=Cc2ccccc21)[CH]1c2ccccc2-c2ccccc21. The molecule has 2 aliphatic carbocycles. The van der Waals surface area contributed by atoms with Crippen LogP contribution in [0.4, 0.5) is 0 Å². The molecular formula is C24H22Cl3SiTi. The van der Waals surface area contributed by atoms with Crippen molar-refractivity contribution < 1.29 is 12.4 Å². The van der Waals surface area contributed by atoms with Gasteiger partial charge >= 0.3 is 188 Å². The summed E-state index contributed by atoms with van der Waals surface area (Å²) in [5, 5.41) is 0. The summed E-state index contributed by atoms with van der Waals surface area (Å²) >= 11 is 2.89. The first-order chi connectivity index (χ1) is 14.0. The molecule has 0 saturated carbocycles. The van der Waals surface area contributed by atoms with Crippen LogP contribution in [-0.2, 0) is 12.4 Å². The summed E-state index contributed by atoms with van der Waals surface area (Å²) < 4.78 is 0.0440. The van der Waals surface area contributed by atoms with Gasteiger partial charge in [0.25, 0.3) is 0 Å². The van der Waals surface area contributed by atoms with Crippen molar-refractivity contribution in [2.24, 2.45) is 0 Å². The molecule has 0 aliphatic heterocycles. The molecule has 0 aromatic heterocycles. The second-order valence-electron chi connectivity index (χ2n) is 8.18. The maximum absolute atomic E-state index is 7.98. The summed E-state index contributed by atoms with van der Waals surface area (Å²) in [6.07, 6.45) is 4.44. The van der Waals surface area contributed by atoms with Crippen LogP contribution >= 0.6 is 29.7 Å². The summed E-state index contributed by atoms with van der Waals surface area (Å²) in [5.74, 6) is -1.97. The van der Waals surface area contributed by atoms with Crippen LogP contribution in [0.2, 0.25) is 6.04 Å². The second-order valence-corrected chi connectivity index (χ2v) is 38.1. The van der Waals surface area contributed by atoms with Crippen molar-refractivity contribution in [1.82, 2.24) is 0 Å². The van der Waals surface area contributed by atoms with Crippen molar-refractivity contribution >= 4 is 41.7 Å². The van der Waals surface area contributed by atoms with Crippen molar-refractivity contribution in [2.75, 3.05) is 0 Å². The molecule has 0 fully saturated rings. The van der Waals surface area contributed by atoms with Gasteiger partial charge in [-0.25, -0.2) is 0 Å². The van der Waals surface area contributed by atoms with Crippen LogP contribution in [0.5, 0.6) is 0 Å². The summed E-state index contributed by atoms with van der Waals surface area (Å²) in [6.45, 7) is 2.16. The van der Waals surface area contributed by atoms with E-state index in [1.807, 2.05) is 0 Å². The Bertz CT molecular complexity index is 1090. The van der Waals surface area contributed by atoms with Crippen molar-refractivity contribution in [2.45, 2.75) is 21.4 Å². The minimum atomic E-state index is -4.41. The predicted octanol–water partition coefficient (Wildman–Crippen LogP) is 8.00. The van der Waals surface area contributed by atoms with E-state index in [2.05, 4.69) is 91.9 Å². The van der Waals surface area contributed by atoms with Gasteiger partial charge in [0, 0.05) is 0 Å². The van der Waals surface area contributed by atoms with Gasteiger partial charge in [0.1, 0.15) is 0 Å². The molecule has 0 radical (unpaired) electrons. The number of halogens is 3. The average Bonchev–Trinajstić information content (AvgIpc) is 3.34. The second kappa shape index (κ2) is 7.12. The van der Waals surface area contributed by atoms with E-state index in [1.54, 1.807) is 0 Å². The fraction of sp³-hybridized carbons (Fsp3) is 0.167. The van der Waals surface area contributed by atoms with Gasteiger partial charge in [-0.05, 0) is 0 Å². The van der Waals surface area contributed by atoms with E-state index in [1.165, 1.54) is 33.4 Å². The van der Waals surface area contributed by atoms with Crippen molar-refractivity contribution in [3.63, 3.8) is 0 Å². The Morgan fingerprint density at radius 2 is 1.31 bits per heavy atom. The van der Waals surface area contributed by atoms with Gasteiger partial charge in [-0.3, -0.25) is 0 Å². The van der Waals surface area contributed by atoms with E-state index in [0.717, 1.165) is 6.04 Å². The molecule has 2 atom stereocenters. The van der Waals surface area contributed by atoms with E-state index in [9.17, 15) is 0 Å². The summed E-state index contributed by atoms with van der Waals surface area (Å²) in [5.41, 5.74) is 7.52. The Morgan fingerprint density at radius 3 is 1.90 bits per heavy atom. The fourth-order valence-corrected chi connectivity index (χ4v) is 32.6. The van der Waals surface area contributed by atoms with E-state index in [4.69, 9.17) is 29.7 Å². The number of rotatable bonds is 4. The third-order valence-corrected chi connectivity index (χ3v) is 44.1. The fourth-order valence-electron chi connectivity index (χ4n) is 5.43. The molecule has 0 heterocycles. The van der Waals surface area contributed by atoms with Crippen LogP contribution in [-0.4, -0.2) is 5.97 Å². The van der Waals surface area contributed by atoms with Crippen molar-refractivity contribution in [3.05, 3.63) is 101 Å². The van der Waals surface area contributed by atoms with Crippen LogP contribution in [0.1, 0.15) is 37.6 Å². The number of hydrogen-bond acceptors (Lipinski definition) is 0. The minimum absolute atomic E-state index is 0.0117. The molecule has 5 rings (SSSR count). The molecular weight excluding hydrogens is 471 g/mol. The first kappa shape index (κ1) is 20.1. The van der Waals surface area contributed by atoms with Gasteiger partial charge in [-0.1, -0.05) is 0 Å². The molecule has 3 aromatic rings. The quantitative estimate of drug-likeness (QED) is 0.256. The summed E-state index contributed by atoms with van der Waals surface area (Å²) in [4.78, 5) is 0. The van der Waals surface area contributed by atoms with Gasteiger partial charge in [-0.15, -0.1) is 0 Å². The van der Waals surface area contributed by atoms with Crippen LogP contribution < -0.4 is 0 Å². The van der Waals surface area contributed by atoms with Gasteiger partial charge in [0.15, 0.2) is 0 Å². The first-order valence-corrected chi connectivity index (χ1v) is 22.1. The van der Waals surface area contributed by atoms with E-state index < -0.39 is 18.4 Å². The third-order valence-electron chi connectivity index (χ3n) is 6.74. The van der Waals surface area contributed by atoms with E-state index in [0.29, 0.717) is 0 Å². The molecule has 2 aliphatic rings. The Morgan fingerprint density at radius 1 is 0.793 bits per heavy atom. The summed E-state index contributed by atoms with van der Waals surface area (Å²) in [6, 6.07) is 26.6. The zero-order valence-corrected chi connectivity index (χ0v) is 21.1. The Kier molecular flexibility index (Phi) is 4.94. The number of allylic oxidation sites excluding steroid dienone is 1. The number of fused-ring (bicyclic) bond motifs is 4. The van der Waals surface area contributed by atoms with Crippen molar-refractivity contribution in [1.29, 1.82) is 0 Å². The molecule has 0 saturated heterocycles. The number of hydrogen-bond donors (Lipinski definition) is 0.